The Balaban J connectivity index is 0.00000181. The number of likely N-dealkylation sites (N-methyl/N-ethyl adjacent to an activating group) is 2. The molecule has 2 aliphatic heterocycles. The first-order valence-corrected chi connectivity index (χ1v) is 10.6. The van der Waals surface area contributed by atoms with Crippen LogP contribution in [0.1, 0.15) is 11.1 Å². The summed E-state index contributed by atoms with van der Waals surface area (Å²) in [5.41, 5.74) is 3.65. The van der Waals surface area contributed by atoms with E-state index in [1.54, 1.807) is 0 Å². The van der Waals surface area contributed by atoms with E-state index in [0.29, 0.717) is 26.3 Å². The summed E-state index contributed by atoms with van der Waals surface area (Å²) in [5.74, 6) is -2.51. The van der Waals surface area contributed by atoms with Gasteiger partial charge < -0.3 is 62.6 Å². The van der Waals surface area contributed by atoms with E-state index in [1.165, 1.54) is 0 Å². The molecule has 9 heteroatoms. The van der Waals surface area contributed by atoms with Crippen molar-refractivity contribution in [3.8, 4) is 11.1 Å². The number of rotatable bonds is 3. The van der Waals surface area contributed by atoms with Crippen LogP contribution in [-0.2, 0) is 21.0 Å². The fraction of sp³-hybridized carbons (Fsp3) is 0.500. The van der Waals surface area contributed by atoms with Crippen LogP contribution < -0.4 is 34.0 Å². The molecule has 0 radical (unpaired) electrons. The number of halogens is 3. The summed E-state index contributed by atoms with van der Waals surface area (Å²) in [6.07, 6.45) is 0. The average molecular weight is 655 g/mol. The minimum absolute atomic E-state index is 0. The molecule has 2 unspecified atom stereocenters. The molecule has 0 aromatic heterocycles. The number of morpholine rings is 2. The molecule has 33 heavy (non-hydrogen) atoms. The number of hydrogen-bond donors (Lipinski definition) is 2. The summed E-state index contributed by atoms with van der Waals surface area (Å²) in [6, 6.07) is 15.8. The molecule has 2 atom stereocenters. The standard InChI is InChI=1S/C24H34N2O4.3BrH/c1-25(2)13-15-29-23(27,17-25)21-9-5-19(6-10-21)20-7-11-22(12-8-20)24(28)18-26(3,4)14-16-30-24;;;/h5-12,27-28H,13-18H2,1-4H3;3*1H/q+2;;;/p-2. The molecular weight excluding hydrogens is 620 g/mol. The van der Waals surface area contributed by atoms with E-state index in [2.05, 4.69) is 28.2 Å². The molecule has 186 valence electrons. The quantitative estimate of drug-likeness (QED) is 0.337. The van der Waals surface area contributed by atoms with Gasteiger partial charge >= 0.3 is 0 Å². The lowest BCUT2D eigenvalue weighted by Crippen LogP contribution is -3.00. The van der Waals surface area contributed by atoms with Crippen LogP contribution in [0.2, 0.25) is 0 Å². The van der Waals surface area contributed by atoms with Crippen molar-refractivity contribution in [2.75, 3.05) is 67.6 Å². The molecule has 2 aromatic rings. The highest BCUT2D eigenvalue weighted by Crippen LogP contribution is 2.33. The molecule has 0 bridgehead atoms. The third kappa shape index (κ3) is 6.86. The molecule has 2 aliphatic rings. The number of nitrogens with zero attached hydrogens (tertiary/aromatic N) is 2. The molecule has 2 N–H and O–H groups in total. The third-order valence-corrected chi connectivity index (χ3v) is 6.36. The summed E-state index contributed by atoms with van der Waals surface area (Å²) in [5, 5.41) is 22.0. The number of quaternary nitrogens is 2. The summed E-state index contributed by atoms with van der Waals surface area (Å²) >= 11 is 0. The van der Waals surface area contributed by atoms with Crippen molar-refractivity contribution in [1.82, 2.24) is 0 Å². The van der Waals surface area contributed by atoms with Gasteiger partial charge in [0.1, 0.15) is 26.2 Å². The Morgan fingerprint density at radius 3 is 1.21 bits per heavy atom. The number of ether oxygens (including phenoxy) is 2. The molecule has 6 nitrogen and oxygen atoms in total. The fourth-order valence-electron chi connectivity index (χ4n) is 4.53. The maximum Gasteiger partial charge on any atom is 0.243 e. The SMILES string of the molecule is Br.C[N+]1(C)CCOC(O)(c2ccc(-c3ccc(C4(O)C[N+](C)(C)CCO4)cc3)cc2)C1.[Br-].[Br-]. The Labute approximate surface area is 228 Å². The smallest absolute Gasteiger partial charge is 0.243 e. The summed E-state index contributed by atoms with van der Waals surface area (Å²) in [7, 11) is 8.42. The second kappa shape index (κ2) is 11.1. The lowest BCUT2D eigenvalue weighted by molar-refractivity contribution is -0.912. The first-order valence-electron chi connectivity index (χ1n) is 10.6. The van der Waals surface area contributed by atoms with Crippen LogP contribution in [0.5, 0.6) is 0 Å². The molecule has 2 saturated heterocycles. The lowest BCUT2D eigenvalue weighted by Gasteiger charge is -2.42. The van der Waals surface area contributed by atoms with Crippen molar-refractivity contribution in [3.63, 3.8) is 0 Å². The van der Waals surface area contributed by atoms with Gasteiger partial charge in [-0.3, -0.25) is 0 Å². The van der Waals surface area contributed by atoms with Gasteiger partial charge in [0.2, 0.25) is 11.6 Å². The third-order valence-electron chi connectivity index (χ3n) is 6.36. The second-order valence-corrected chi connectivity index (χ2v) is 10.1. The van der Waals surface area contributed by atoms with Gasteiger partial charge in [0.05, 0.1) is 41.4 Å². The van der Waals surface area contributed by atoms with E-state index in [-0.39, 0.29) is 50.9 Å². The number of hydrogen-bond acceptors (Lipinski definition) is 4. The highest BCUT2D eigenvalue weighted by atomic mass is 79.9. The Hall–Kier alpha value is -0.360. The first-order chi connectivity index (χ1) is 14.0. The monoisotopic (exact) mass is 652 g/mol. The van der Waals surface area contributed by atoms with Crippen molar-refractivity contribution in [2.45, 2.75) is 11.6 Å². The van der Waals surface area contributed by atoms with E-state index >= 15 is 0 Å². The zero-order chi connectivity index (χ0) is 21.6. The highest BCUT2D eigenvalue weighted by molar-refractivity contribution is 8.93. The van der Waals surface area contributed by atoms with Crippen LogP contribution in [-0.4, -0.2) is 86.8 Å². The van der Waals surface area contributed by atoms with Gasteiger partial charge in [-0.05, 0) is 11.1 Å². The van der Waals surface area contributed by atoms with Crippen molar-refractivity contribution in [2.24, 2.45) is 0 Å². The largest absolute Gasteiger partial charge is 1.00 e. The molecule has 2 heterocycles. The molecule has 0 amide bonds. The van der Waals surface area contributed by atoms with Crippen LogP contribution in [0, 0.1) is 0 Å². The van der Waals surface area contributed by atoms with E-state index in [4.69, 9.17) is 9.47 Å². The van der Waals surface area contributed by atoms with E-state index in [1.807, 2.05) is 48.5 Å². The Kier molecular flexibility index (Phi) is 10.4. The lowest BCUT2D eigenvalue weighted by atomic mass is 9.96. The molecular formula is C24H35Br3N2O4. The minimum atomic E-state index is -1.25. The van der Waals surface area contributed by atoms with Crippen LogP contribution in [0.25, 0.3) is 11.1 Å². The van der Waals surface area contributed by atoms with Gasteiger partial charge in [-0.15, -0.1) is 17.0 Å². The van der Waals surface area contributed by atoms with Gasteiger partial charge in [0.15, 0.2) is 0 Å². The minimum Gasteiger partial charge on any atom is -1.00 e. The van der Waals surface area contributed by atoms with Gasteiger partial charge in [-0.2, -0.15) is 0 Å². The number of aliphatic hydroxyl groups is 2. The van der Waals surface area contributed by atoms with Crippen LogP contribution in [0.3, 0.4) is 0 Å². The van der Waals surface area contributed by atoms with Gasteiger partial charge in [0.25, 0.3) is 0 Å². The predicted octanol–water partition coefficient (Wildman–Crippen LogP) is -3.56. The van der Waals surface area contributed by atoms with Gasteiger partial charge in [0, 0.05) is 11.1 Å². The Morgan fingerprint density at radius 1 is 0.636 bits per heavy atom. The normalized spacial score (nSPS) is 27.9. The predicted molar refractivity (Wildman–Crippen MR) is 126 cm³/mol. The van der Waals surface area contributed by atoms with Crippen LogP contribution in [0.4, 0.5) is 0 Å². The second-order valence-electron chi connectivity index (χ2n) is 10.1. The maximum absolute atomic E-state index is 11.0. The van der Waals surface area contributed by atoms with Crippen molar-refractivity contribution in [1.29, 1.82) is 0 Å². The van der Waals surface area contributed by atoms with E-state index < -0.39 is 11.6 Å². The fourth-order valence-corrected chi connectivity index (χ4v) is 4.53. The first kappa shape index (κ1) is 30.7. The van der Waals surface area contributed by atoms with Crippen molar-refractivity contribution in [3.05, 3.63) is 59.7 Å². The average Bonchev–Trinajstić information content (AvgIpc) is 2.66. The molecule has 0 saturated carbocycles. The van der Waals surface area contributed by atoms with E-state index in [0.717, 1.165) is 44.3 Å². The Bertz CT molecular complexity index is 833. The van der Waals surface area contributed by atoms with E-state index in [9.17, 15) is 10.2 Å². The highest BCUT2D eigenvalue weighted by Gasteiger charge is 2.43. The molecule has 2 fully saturated rings. The summed E-state index contributed by atoms with van der Waals surface area (Å²) in [4.78, 5) is 0. The summed E-state index contributed by atoms with van der Waals surface area (Å²) in [6.45, 7) is 3.89. The van der Waals surface area contributed by atoms with Crippen molar-refractivity contribution >= 4 is 17.0 Å². The molecule has 2 aromatic carbocycles. The van der Waals surface area contributed by atoms with Crippen molar-refractivity contribution < 1.29 is 62.6 Å². The molecule has 4 rings (SSSR count). The summed E-state index contributed by atoms with van der Waals surface area (Å²) < 4.78 is 12.9. The maximum atomic E-state index is 11.0. The topological polar surface area (TPSA) is 58.9 Å². The zero-order valence-electron chi connectivity index (χ0n) is 19.6. The Morgan fingerprint density at radius 2 is 0.939 bits per heavy atom. The van der Waals surface area contributed by atoms with Gasteiger partial charge in [-0.25, -0.2) is 0 Å². The van der Waals surface area contributed by atoms with Crippen LogP contribution >= 0.6 is 17.0 Å². The molecule has 0 spiro atoms. The zero-order valence-corrected chi connectivity index (χ0v) is 24.5. The van der Waals surface area contributed by atoms with Gasteiger partial charge in [-0.1, -0.05) is 48.5 Å². The number of benzene rings is 2. The molecule has 0 aliphatic carbocycles. The van der Waals surface area contributed by atoms with Crippen LogP contribution in [0.15, 0.2) is 48.5 Å².